The maximum absolute atomic E-state index is 2.35. The van der Waals surface area contributed by atoms with E-state index < -0.39 is 0 Å². The van der Waals surface area contributed by atoms with Crippen molar-refractivity contribution in [2.45, 2.75) is 61.2 Å². The zero-order chi connectivity index (χ0) is 54.9. The van der Waals surface area contributed by atoms with Crippen LogP contribution in [0.25, 0.3) is 55.6 Å². The number of benzene rings is 12. The van der Waals surface area contributed by atoms with Crippen LogP contribution >= 0.6 is 0 Å². The van der Waals surface area contributed by atoms with Crippen molar-refractivity contribution in [3.8, 4) is 55.6 Å². The van der Waals surface area contributed by atoms with Gasteiger partial charge in [-0.05, 0) is 135 Å². The van der Waals surface area contributed by atoms with Gasteiger partial charge in [0.1, 0.15) is 0 Å². The summed E-state index contributed by atoms with van der Waals surface area (Å²) in [6, 6.07) is 111. The van der Waals surface area contributed by atoms with Gasteiger partial charge in [0.2, 0.25) is 0 Å². The van der Waals surface area contributed by atoms with Crippen molar-refractivity contribution in [3.05, 3.63) is 370 Å². The van der Waals surface area contributed by atoms with Crippen LogP contribution < -0.4 is 0 Å². The van der Waals surface area contributed by atoms with Crippen molar-refractivity contribution in [1.82, 2.24) is 0 Å². The molecule has 0 N–H and O–H groups in total. The van der Waals surface area contributed by atoms with Crippen molar-refractivity contribution in [3.63, 3.8) is 0 Å². The highest BCUT2D eigenvalue weighted by Gasteiger charge is 2.52. The highest BCUT2D eigenvalue weighted by Crippen LogP contribution is 2.63. The van der Waals surface area contributed by atoms with E-state index >= 15 is 0 Å². The fourth-order valence-corrected chi connectivity index (χ4v) is 16.1. The van der Waals surface area contributed by atoms with Gasteiger partial charge in [-0.1, -0.05) is 330 Å². The Morgan fingerprint density at radius 1 is 0.195 bits per heavy atom. The molecule has 1 saturated carbocycles. The molecule has 6 aliphatic rings. The van der Waals surface area contributed by atoms with Crippen molar-refractivity contribution in [2.24, 2.45) is 0 Å². The molecule has 0 radical (unpaired) electrons. The van der Waals surface area contributed by atoms with Crippen LogP contribution in [-0.2, 0) is 21.7 Å². The van der Waals surface area contributed by atoms with Crippen molar-refractivity contribution < 1.29 is 0 Å². The molecule has 0 atom stereocenters. The molecule has 0 aromatic heterocycles. The summed E-state index contributed by atoms with van der Waals surface area (Å²) in [4.78, 5) is 0. The standard InChI is InChI=1S/C25H16.C25H18.C17H16.C15H14/c1-5-13-21-17(9-1)18-10-2-6-14-22(18)25(21)23-15-7-3-11-19(23)20-12-4-8-16-24(20)25;1-3-11-19(12-4-1)25(20-13-5-2-6-14-20)23-17-9-7-15-21(23)22-16-8-10-18-24(22)25;1-3-9-15-13(7-1)14-8-2-4-10-16(14)17(15)11-5-6-12-17;1-15(2)13-9-5-3-7-11(13)12-8-4-6-10-14(12)15/h1-16H;1-18H;1-4,7-10H,5-6,11-12H2;3-10H,1-2H3. The van der Waals surface area contributed by atoms with Gasteiger partial charge in [-0.25, -0.2) is 0 Å². The molecule has 12 aromatic carbocycles. The third-order valence-corrected chi connectivity index (χ3v) is 19.4. The molecule has 12 aromatic rings. The lowest BCUT2D eigenvalue weighted by Crippen LogP contribution is -2.28. The molecule has 0 aliphatic heterocycles. The van der Waals surface area contributed by atoms with E-state index in [2.05, 4.69) is 317 Å². The second-order valence-corrected chi connectivity index (χ2v) is 23.6. The lowest BCUT2D eigenvalue weighted by molar-refractivity contribution is 0.550. The smallest absolute Gasteiger partial charge is 0.0622 e. The van der Waals surface area contributed by atoms with Gasteiger partial charge in [-0.15, -0.1) is 0 Å². The molecule has 82 heavy (non-hydrogen) atoms. The summed E-state index contributed by atoms with van der Waals surface area (Å²) in [5.41, 5.74) is 31.1. The van der Waals surface area contributed by atoms with Gasteiger partial charge in [0, 0.05) is 10.8 Å². The van der Waals surface area contributed by atoms with Crippen LogP contribution in [0.15, 0.2) is 303 Å². The molecule has 0 saturated heterocycles. The Bertz CT molecular complexity index is 3880. The highest BCUT2D eigenvalue weighted by molar-refractivity contribution is 5.95. The quantitative estimate of drug-likeness (QED) is 0.162. The zero-order valence-corrected chi connectivity index (χ0v) is 46.7. The third kappa shape index (κ3) is 7.23. The van der Waals surface area contributed by atoms with Gasteiger partial charge in [0.25, 0.3) is 0 Å². The van der Waals surface area contributed by atoms with Crippen LogP contribution in [0.5, 0.6) is 0 Å². The van der Waals surface area contributed by atoms with Gasteiger partial charge in [0.15, 0.2) is 0 Å². The molecule has 392 valence electrons. The lowest BCUT2D eigenvalue weighted by Gasteiger charge is -2.33. The summed E-state index contributed by atoms with van der Waals surface area (Å²) in [7, 11) is 0. The summed E-state index contributed by atoms with van der Waals surface area (Å²) < 4.78 is 0. The molecule has 2 spiro atoms. The molecule has 0 nitrogen and oxygen atoms in total. The SMILES string of the molecule is CC1(C)c2ccccc2-c2ccccc21.c1ccc(C2(c3ccccc3)c3ccccc3-c3ccccc32)cc1.c1ccc2c(c1)-c1ccccc1C21CCCC1.c1ccc2c(c1)-c1ccccc1C21c2ccccc2-c2ccccc21. The van der Waals surface area contributed by atoms with Crippen molar-refractivity contribution in [2.75, 3.05) is 0 Å². The lowest BCUT2D eigenvalue weighted by atomic mass is 9.68. The highest BCUT2D eigenvalue weighted by atomic mass is 14.5. The van der Waals surface area contributed by atoms with Crippen LogP contribution in [0, 0.1) is 0 Å². The number of rotatable bonds is 2. The maximum Gasteiger partial charge on any atom is 0.0725 e. The van der Waals surface area contributed by atoms with E-state index in [1.165, 1.54) is 137 Å². The minimum atomic E-state index is -0.254. The van der Waals surface area contributed by atoms with Gasteiger partial charge < -0.3 is 0 Å². The van der Waals surface area contributed by atoms with Gasteiger partial charge in [0.05, 0.1) is 10.8 Å². The average molecular weight is 1050 g/mol. The number of hydrogen-bond acceptors (Lipinski definition) is 0. The van der Waals surface area contributed by atoms with E-state index in [1.807, 2.05) is 0 Å². The molecule has 0 unspecified atom stereocenters. The second-order valence-electron chi connectivity index (χ2n) is 23.6. The van der Waals surface area contributed by atoms with Crippen LogP contribution in [0.2, 0.25) is 0 Å². The summed E-state index contributed by atoms with van der Waals surface area (Å²) in [5, 5.41) is 0. The minimum Gasteiger partial charge on any atom is -0.0622 e. The fourth-order valence-electron chi connectivity index (χ4n) is 16.1. The number of fused-ring (bicyclic) bond motifs is 21. The van der Waals surface area contributed by atoms with E-state index in [1.54, 1.807) is 11.1 Å². The Labute approximate surface area is 484 Å². The third-order valence-electron chi connectivity index (χ3n) is 19.4. The molecular formula is C82H64. The summed E-state index contributed by atoms with van der Waals surface area (Å²) in [6.07, 6.45) is 5.42. The topological polar surface area (TPSA) is 0 Å². The van der Waals surface area contributed by atoms with E-state index in [9.17, 15) is 0 Å². The van der Waals surface area contributed by atoms with E-state index in [0.29, 0.717) is 5.41 Å². The van der Waals surface area contributed by atoms with Crippen LogP contribution in [0.3, 0.4) is 0 Å². The predicted octanol–water partition coefficient (Wildman–Crippen LogP) is 20.6. The Kier molecular flexibility index (Phi) is 11.9. The minimum absolute atomic E-state index is 0.160. The predicted molar refractivity (Wildman–Crippen MR) is 342 cm³/mol. The molecule has 0 bridgehead atoms. The first-order valence-electron chi connectivity index (χ1n) is 29.6. The van der Waals surface area contributed by atoms with Gasteiger partial charge in [-0.3, -0.25) is 0 Å². The first-order chi connectivity index (χ1) is 40.5. The van der Waals surface area contributed by atoms with E-state index in [-0.39, 0.29) is 16.2 Å². The molecule has 0 amide bonds. The van der Waals surface area contributed by atoms with Crippen LogP contribution in [0.1, 0.15) is 106 Å². The van der Waals surface area contributed by atoms with E-state index in [0.717, 1.165) is 0 Å². The van der Waals surface area contributed by atoms with E-state index in [4.69, 9.17) is 0 Å². The summed E-state index contributed by atoms with van der Waals surface area (Å²) in [6.45, 7) is 4.61. The Balaban J connectivity index is 0.0000000958. The molecule has 0 heteroatoms. The Hall–Kier alpha value is -9.36. The monoisotopic (exact) mass is 1050 g/mol. The molecular weight excluding hydrogens is 985 g/mol. The Morgan fingerprint density at radius 2 is 0.390 bits per heavy atom. The molecule has 6 aliphatic carbocycles. The molecule has 1 fully saturated rings. The van der Waals surface area contributed by atoms with Crippen molar-refractivity contribution in [1.29, 1.82) is 0 Å². The van der Waals surface area contributed by atoms with Gasteiger partial charge in [-0.2, -0.15) is 0 Å². The number of hydrogen-bond donors (Lipinski definition) is 0. The molecule has 0 heterocycles. The summed E-state index contributed by atoms with van der Waals surface area (Å²) in [5.74, 6) is 0. The molecule has 18 rings (SSSR count). The average Bonchev–Trinajstić information content (AvgIpc) is 2.41. The second kappa shape index (κ2) is 19.7. The summed E-state index contributed by atoms with van der Waals surface area (Å²) >= 11 is 0. The first kappa shape index (κ1) is 49.7. The zero-order valence-electron chi connectivity index (χ0n) is 46.7. The normalized spacial score (nSPS) is 15.6. The maximum atomic E-state index is 2.35. The largest absolute Gasteiger partial charge is 0.0725 e. The Morgan fingerprint density at radius 3 is 0.671 bits per heavy atom. The fraction of sp³-hybridized carbons (Fsp3) is 0.122. The van der Waals surface area contributed by atoms with Crippen LogP contribution in [0.4, 0.5) is 0 Å². The first-order valence-corrected chi connectivity index (χ1v) is 29.6. The van der Waals surface area contributed by atoms with Crippen molar-refractivity contribution >= 4 is 0 Å². The van der Waals surface area contributed by atoms with Gasteiger partial charge >= 0.3 is 0 Å². The van der Waals surface area contributed by atoms with Crippen LogP contribution in [-0.4, -0.2) is 0 Å².